The molecule has 0 spiro atoms. The van der Waals surface area contributed by atoms with Crippen LogP contribution in [0.1, 0.15) is 76.3 Å². The van der Waals surface area contributed by atoms with Crippen molar-refractivity contribution in [1.29, 1.82) is 0 Å². The second-order valence-corrected chi connectivity index (χ2v) is 15.3. The van der Waals surface area contributed by atoms with Crippen LogP contribution in [0.4, 0.5) is 5.69 Å². The lowest BCUT2D eigenvalue weighted by Crippen LogP contribution is -2.51. The third-order valence-electron chi connectivity index (χ3n) is 9.78. The normalized spacial score (nSPS) is 25.2. The Bertz CT molecular complexity index is 1360. The second kappa shape index (κ2) is 12.6. The predicted molar refractivity (Wildman–Crippen MR) is 168 cm³/mol. The molecule has 228 valence electrons. The van der Waals surface area contributed by atoms with E-state index in [0.717, 1.165) is 41.2 Å². The molecule has 4 bridgehead atoms. The first kappa shape index (κ1) is 30.9. The van der Waals surface area contributed by atoms with E-state index < -0.39 is 28.5 Å². The highest BCUT2D eigenvalue weighted by atomic mass is 35.5. The van der Waals surface area contributed by atoms with Crippen LogP contribution in [0.5, 0.6) is 0 Å². The van der Waals surface area contributed by atoms with Crippen LogP contribution < -0.4 is 9.62 Å². The topological polar surface area (TPSA) is 86.8 Å². The highest BCUT2D eigenvalue weighted by molar-refractivity contribution is 7.92. The lowest BCUT2D eigenvalue weighted by Gasteiger charge is -2.57. The molecule has 0 aliphatic heterocycles. The number of nitrogens with one attached hydrogen (secondary N) is 1. The van der Waals surface area contributed by atoms with Crippen molar-refractivity contribution < 1.29 is 18.0 Å². The number of sulfonamides is 1. The summed E-state index contributed by atoms with van der Waals surface area (Å²) in [5, 5.41) is 3.38. The zero-order valence-corrected chi connectivity index (χ0v) is 26.6. The van der Waals surface area contributed by atoms with Crippen molar-refractivity contribution in [2.24, 2.45) is 17.8 Å². The van der Waals surface area contributed by atoms with Crippen molar-refractivity contribution in [1.82, 2.24) is 10.2 Å². The van der Waals surface area contributed by atoms with Crippen molar-refractivity contribution in [2.75, 3.05) is 23.7 Å². The molecule has 0 saturated heterocycles. The van der Waals surface area contributed by atoms with Gasteiger partial charge in [-0.2, -0.15) is 0 Å². The van der Waals surface area contributed by atoms with E-state index in [1.165, 1.54) is 49.0 Å². The molecule has 2 aromatic carbocycles. The summed E-state index contributed by atoms with van der Waals surface area (Å²) in [6.07, 6.45) is 10.6. The molecular weight excluding hydrogens is 570 g/mol. The van der Waals surface area contributed by atoms with Gasteiger partial charge in [-0.1, -0.05) is 55.3 Å². The van der Waals surface area contributed by atoms with Crippen LogP contribution in [0.25, 0.3) is 0 Å². The molecule has 4 fully saturated rings. The summed E-state index contributed by atoms with van der Waals surface area (Å²) in [6.45, 7) is 3.90. The average Bonchev–Trinajstić information content (AvgIpc) is 2.94. The number of hydrogen-bond donors (Lipinski definition) is 1. The lowest BCUT2D eigenvalue weighted by atomic mass is 9.48. The van der Waals surface area contributed by atoms with Gasteiger partial charge >= 0.3 is 0 Å². The summed E-state index contributed by atoms with van der Waals surface area (Å²) in [5.74, 6) is 1.68. The number of carbonyl (C=O) groups is 2. The van der Waals surface area contributed by atoms with E-state index in [4.69, 9.17) is 11.6 Å². The Morgan fingerprint density at radius 1 is 1.00 bits per heavy atom. The molecule has 2 aromatic rings. The zero-order chi connectivity index (χ0) is 30.1. The smallest absolute Gasteiger partial charge is 0.244 e. The summed E-state index contributed by atoms with van der Waals surface area (Å²) in [5.41, 5.74) is 2.64. The van der Waals surface area contributed by atoms with E-state index in [1.807, 2.05) is 31.2 Å². The SMILES string of the molecule is CCCCNC(=O)[C@H](C)N(Cc1ccccc1Cl)C(=O)CN(c1ccc(C23CC4CC(CC(C4)C2)C3)cc1)S(C)(=O)=O. The van der Waals surface area contributed by atoms with E-state index in [-0.39, 0.29) is 17.9 Å². The molecule has 4 aliphatic carbocycles. The Morgan fingerprint density at radius 2 is 1.60 bits per heavy atom. The van der Waals surface area contributed by atoms with Gasteiger partial charge in [0.15, 0.2) is 0 Å². The lowest BCUT2D eigenvalue weighted by molar-refractivity contribution is -0.139. The van der Waals surface area contributed by atoms with E-state index in [9.17, 15) is 18.0 Å². The van der Waals surface area contributed by atoms with Gasteiger partial charge < -0.3 is 10.2 Å². The fourth-order valence-electron chi connectivity index (χ4n) is 7.99. The van der Waals surface area contributed by atoms with Crippen molar-refractivity contribution in [3.05, 3.63) is 64.7 Å². The Morgan fingerprint density at radius 3 is 2.14 bits per heavy atom. The van der Waals surface area contributed by atoms with E-state index >= 15 is 0 Å². The highest BCUT2D eigenvalue weighted by Gasteiger charge is 2.51. The van der Waals surface area contributed by atoms with Gasteiger partial charge in [0.2, 0.25) is 21.8 Å². The Labute approximate surface area is 256 Å². The van der Waals surface area contributed by atoms with Crippen LogP contribution in [0, 0.1) is 17.8 Å². The molecule has 42 heavy (non-hydrogen) atoms. The van der Waals surface area contributed by atoms with E-state index in [0.29, 0.717) is 22.8 Å². The Balaban J connectivity index is 1.37. The minimum absolute atomic E-state index is 0.0867. The maximum Gasteiger partial charge on any atom is 0.244 e. The highest BCUT2D eigenvalue weighted by Crippen LogP contribution is 2.60. The fourth-order valence-corrected chi connectivity index (χ4v) is 9.03. The standard InChI is InChI=1S/C33H44ClN3O4S/c1-4-5-14-35-32(39)23(2)36(21-27-8-6-7-9-30(27)34)31(38)22-37(42(3,40)41)29-12-10-28(11-13-29)33-18-24-15-25(19-33)17-26(16-24)20-33/h6-13,23-26H,4-5,14-22H2,1-3H3,(H,35,39)/t23-,24?,25?,26?,33?/m0/s1. The van der Waals surface area contributed by atoms with Gasteiger partial charge in [-0.25, -0.2) is 8.42 Å². The number of unbranched alkanes of at least 4 members (excludes halogenated alkanes) is 1. The molecule has 0 heterocycles. The van der Waals surface area contributed by atoms with Crippen molar-refractivity contribution in [2.45, 2.75) is 83.2 Å². The van der Waals surface area contributed by atoms with Crippen LogP contribution in [0.3, 0.4) is 0 Å². The zero-order valence-electron chi connectivity index (χ0n) is 25.0. The van der Waals surface area contributed by atoms with E-state index in [1.54, 1.807) is 19.1 Å². The first-order valence-corrected chi connectivity index (χ1v) is 17.6. The summed E-state index contributed by atoms with van der Waals surface area (Å²) in [4.78, 5) is 28.3. The van der Waals surface area contributed by atoms with Crippen molar-refractivity contribution in [3.63, 3.8) is 0 Å². The van der Waals surface area contributed by atoms with Crippen molar-refractivity contribution in [3.8, 4) is 0 Å². The van der Waals surface area contributed by atoms with Gasteiger partial charge in [0, 0.05) is 18.1 Å². The van der Waals surface area contributed by atoms with Crippen LogP contribution >= 0.6 is 11.6 Å². The number of halogens is 1. The molecule has 0 radical (unpaired) electrons. The maximum atomic E-state index is 13.9. The molecule has 7 nitrogen and oxygen atoms in total. The molecule has 1 atom stereocenters. The number of rotatable bonds is 12. The summed E-state index contributed by atoms with van der Waals surface area (Å²) in [7, 11) is -3.79. The van der Waals surface area contributed by atoms with Gasteiger partial charge in [0.25, 0.3) is 0 Å². The monoisotopic (exact) mass is 613 g/mol. The fraction of sp³-hybridized carbons (Fsp3) is 0.576. The molecular formula is C33H44ClN3O4S. The van der Waals surface area contributed by atoms with Gasteiger partial charge in [0.1, 0.15) is 12.6 Å². The van der Waals surface area contributed by atoms with Gasteiger partial charge in [-0.3, -0.25) is 13.9 Å². The largest absolute Gasteiger partial charge is 0.354 e. The summed E-state index contributed by atoms with van der Waals surface area (Å²) < 4.78 is 27.2. The third kappa shape index (κ3) is 6.65. The van der Waals surface area contributed by atoms with Gasteiger partial charge in [-0.15, -0.1) is 0 Å². The van der Waals surface area contributed by atoms with Crippen LogP contribution in [-0.2, 0) is 31.6 Å². The van der Waals surface area contributed by atoms with Crippen LogP contribution in [0.15, 0.2) is 48.5 Å². The number of amides is 2. The second-order valence-electron chi connectivity index (χ2n) is 12.9. The predicted octanol–water partition coefficient (Wildman–Crippen LogP) is 5.91. The quantitative estimate of drug-likeness (QED) is 0.302. The first-order chi connectivity index (χ1) is 20.0. The van der Waals surface area contributed by atoms with Gasteiger partial charge in [-0.05, 0) is 104 Å². The molecule has 6 rings (SSSR count). The minimum Gasteiger partial charge on any atom is -0.354 e. The summed E-state index contributed by atoms with van der Waals surface area (Å²) >= 11 is 6.42. The molecule has 9 heteroatoms. The van der Waals surface area contributed by atoms with E-state index in [2.05, 4.69) is 17.4 Å². The Hall–Kier alpha value is -2.58. The number of nitrogens with zero attached hydrogens (tertiary/aromatic N) is 2. The van der Waals surface area contributed by atoms with Crippen molar-refractivity contribution >= 4 is 39.1 Å². The third-order valence-corrected chi connectivity index (χ3v) is 11.3. The average molecular weight is 614 g/mol. The molecule has 0 unspecified atom stereocenters. The molecule has 4 saturated carbocycles. The summed E-state index contributed by atoms with van der Waals surface area (Å²) in [6, 6.07) is 14.2. The number of anilines is 1. The maximum absolute atomic E-state index is 13.9. The molecule has 2 amide bonds. The number of carbonyl (C=O) groups excluding carboxylic acids is 2. The van der Waals surface area contributed by atoms with Crippen LogP contribution in [0.2, 0.25) is 5.02 Å². The molecule has 4 aliphatic rings. The molecule has 1 N–H and O–H groups in total. The molecule has 0 aromatic heterocycles. The minimum atomic E-state index is -3.79. The first-order valence-electron chi connectivity index (χ1n) is 15.4. The number of benzene rings is 2. The number of hydrogen-bond acceptors (Lipinski definition) is 4. The Kier molecular flexibility index (Phi) is 9.24. The van der Waals surface area contributed by atoms with Gasteiger partial charge in [0.05, 0.1) is 11.9 Å². The van der Waals surface area contributed by atoms with Crippen LogP contribution in [-0.4, -0.2) is 50.5 Å².